The van der Waals surface area contributed by atoms with E-state index in [4.69, 9.17) is 11.6 Å². The molecule has 0 amide bonds. The van der Waals surface area contributed by atoms with Crippen LogP contribution in [0.15, 0.2) is 53.1 Å². The molecule has 3 aromatic rings. The van der Waals surface area contributed by atoms with E-state index in [0.29, 0.717) is 16.0 Å². The molecule has 0 spiro atoms. The summed E-state index contributed by atoms with van der Waals surface area (Å²) < 4.78 is 13.7. The molecule has 0 aliphatic rings. The minimum absolute atomic E-state index is 0.266. The summed E-state index contributed by atoms with van der Waals surface area (Å²) in [5.41, 5.74) is 2.70. The van der Waals surface area contributed by atoms with Crippen LogP contribution >= 0.6 is 27.5 Å². The highest BCUT2D eigenvalue weighted by molar-refractivity contribution is 9.10. The molecule has 106 valence electrons. The molecule has 0 fully saturated rings. The molecule has 0 saturated heterocycles. The molecule has 0 radical (unpaired) electrons. The van der Waals surface area contributed by atoms with Crippen LogP contribution in [0, 0.1) is 5.82 Å². The summed E-state index contributed by atoms with van der Waals surface area (Å²) in [6, 6.07) is 12.5. The van der Waals surface area contributed by atoms with E-state index in [9.17, 15) is 4.39 Å². The van der Waals surface area contributed by atoms with Crippen molar-refractivity contribution in [2.24, 2.45) is 0 Å². The fourth-order valence-corrected chi connectivity index (χ4v) is 2.77. The average Bonchev–Trinajstić information content (AvgIpc) is 2.50. The van der Waals surface area contributed by atoms with E-state index in [2.05, 4.69) is 26.2 Å². The molecule has 2 aromatic carbocycles. The lowest BCUT2D eigenvalue weighted by molar-refractivity contribution is 0.620. The third-order valence-electron chi connectivity index (χ3n) is 3.18. The zero-order valence-corrected chi connectivity index (χ0v) is 13.2. The van der Waals surface area contributed by atoms with Gasteiger partial charge in [0.1, 0.15) is 5.82 Å². The molecule has 21 heavy (non-hydrogen) atoms. The molecule has 2 nitrogen and oxygen atoms in total. The molecule has 0 unspecified atom stereocenters. The molecule has 0 bridgehead atoms. The van der Waals surface area contributed by atoms with Gasteiger partial charge in [-0.15, -0.1) is 0 Å². The zero-order chi connectivity index (χ0) is 14.8. The summed E-state index contributed by atoms with van der Waals surface area (Å²) in [6.45, 7) is 0.576. The van der Waals surface area contributed by atoms with Gasteiger partial charge in [0.05, 0.1) is 20.7 Å². The monoisotopic (exact) mass is 364 g/mol. The van der Waals surface area contributed by atoms with E-state index in [1.54, 1.807) is 18.3 Å². The van der Waals surface area contributed by atoms with Gasteiger partial charge in [-0.05, 0) is 57.9 Å². The van der Waals surface area contributed by atoms with Gasteiger partial charge >= 0.3 is 0 Å². The lowest BCUT2D eigenvalue weighted by atomic mass is 10.1. The van der Waals surface area contributed by atoms with E-state index in [-0.39, 0.29) is 5.82 Å². The van der Waals surface area contributed by atoms with Crippen LogP contribution in [0.2, 0.25) is 5.02 Å². The highest BCUT2D eigenvalue weighted by Crippen LogP contribution is 2.28. The maximum Gasteiger partial charge on any atom is 0.137 e. The van der Waals surface area contributed by atoms with Gasteiger partial charge in [-0.3, -0.25) is 4.98 Å². The summed E-state index contributed by atoms with van der Waals surface area (Å²) in [4.78, 5) is 4.37. The first-order valence-corrected chi connectivity index (χ1v) is 7.53. The normalized spacial score (nSPS) is 10.8. The van der Waals surface area contributed by atoms with Crippen LogP contribution in [0.3, 0.4) is 0 Å². The quantitative estimate of drug-likeness (QED) is 0.672. The number of nitrogens with one attached hydrogen (secondary N) is 1. The fraction of sp³-hybridized carbons (Fsp3) is 0.0625. The second-order valence-electron chi connectivity index (χ2n) is 4.60. The van der Waals surface area contributed by atoms with E-state index in [0.717, 1.165) is 22.2 Å². The van der Waals surface area contributed by atoms with Crippen LogP contribution in [0.4, 0.5) is 10.1 Å². The van der Waals surface area contributed by atoms with Crippen molar-refractivity contribution in [3.8, 4) is 0 Å². The first-order chi connectivity index (χ1) is 10.1. The second kappa shape index (κ2) is 6.00. The smallest absolute Gasteiger partial charge is 0.137 e. The molecule has 1 N–H and O–H groups in total. The molecule has 1 heterocycles. The van der Waals surface area contributed by atoms with E-state index >= 15 is 0 Å². The molecule has 0 aliphatic carbocycles. The van der Waals surface area contributed by atoms with Crippen LogP contribution in [-0.2, 0) is 6.54 Å². The number of benzene rings is 2. The van der Waals surface area contributed by atoms with Crippen molar-refractivity contribution in [3.63, 3.8) is 0 Å². The molecule has 1 aromatic heterocycles. The molecule has 3 rings (SSSR count). The Hall–Kier alpha value is -1.65. The largest absolute Gasteiger partial charge is 0.379 e. The van der Waals surface area contributed by atoms with Gasteiger partial charge in [0.25, 0.3) is 0 Å². The first kappa shape index (κ1) is 14.3. The number of fused-ring (bicyclic) bond motifs is 1. The molecular formula is C16H11BrClFN2. The SMILES string of the molecule is Fc1ccc(CNc2ccc(Cl)c3cccnc23)cc1Br. The van der Waals surface area contributed by atoms with E-state index in [1.807, 2.05) is 24.3 Å². The highest BCUT2D eigenvalue weighted by atomic mass is 79.9. The van der Waals surface area contributed by atoms with Crippen molar-refractivity contribution >= 4 is 44.1 Å². The maximum absolute atomic E-state index is 13.2. The van der Waals surface area contributed by atoms with Crippen molar-refractivity contribution in [2.45, 2.75) is 6.54 Å². The Labute approximate surface area is 135 Å². The number of pyridine rings is 1. The highest BCUT2D eigenvalue weighted by Gasteiger charge is 2.06. The number of hydrogen-bond donors (Lipinski definition) is 1. The van der Waals surface area contributed by atoms with Crippen LogP contribution in [0.25, 0.3) is 10.9 Å². The van der Waals surface area contributed by atoms with Crippen molar-refractivity contribution in [2.75, 3.05) is 5.32 Å². The lowest BCUT2D eigenvalue weighted by Gasteiger charge is -2.10. The Balaban J connectivity index is 1.88. The van der Waals surface area contributed by atoms with Crippen LogP contribution in [0.1, 0.15) is 5.56 Å². The minimum atomic E-state index is -0.266. The standard InChI is InChI=1S/C16H11BrClFN2/c17-12-8-10(3-5-14(12)19)9-21-15-6-4-13(18)11-2-1-7-20-16(11)15/h1-8,21H,9H2. The average molecular weight is 366 g/mol. The van der Waals surface area contributed by atoms with Gasteiger partial charge in [-0.2, -0.15) is 0 Å². The van der Waals surface area contributed by atoms with Gasteiger partial charge in [0.2, 0.25) is 0 Å². The first-order valence-electron chi connectivity index (χ1n) is 6.36. The topological polar surface area (TPSA) is 24.9 Å². The van der Waals surface area contributed by atoms with Crippen LogP contribution in [0.5, 0.6) is 0 Å². The molecule has 5 heteroatoms. The third kappa shape index (κ3) is 3.01. The molecule has 0 atom stereocenters. The van der Waals surface area contributed by atoms with Gasteiger partial charge in [0.15, 0.2) is 0 Å². The third-order valence-corrected chi connectivity index (χ3v) is 4.12. The summed E-state index contributed by atoms with van der Waals surface area (Å²) >= 11 is 9.36. The Morgan fingerprint density at radius 2 is 2.05 bits per heavy atom. The number of halogens is 3. The predicted octanol–water partition coefficient (Wildman–Crippen LogP) is 5.40. The molecule has 0 saturated carbocycles. The van der Waals surface area contributed by atoms with Crippen LogP contribution in [-0.4, -0.2) is 4.98 Å². The molecular weight excluding hydrogens is 355 g/mol. The van der Waals surface area contributed by atoms with Crippen molar-refractivity contribution in [1.82, 2.24) is 4.98 Å². The van der Waals surface area contributed by atoms with Gasteiger partial charge in [-0.1, -0.05) is 17.7 Å². The fourth-order valence-electron chi connectivity index (χ4n) is 2.13. The summed E-state index contributed by atoms with van der Waals surface area (Å²) in [5, 5.41) is 4.89. The second-order valence-corrected chi connectivity index (χ2v) is 5.86. The van der Waals surface area contributed by atoms with Crippen LogP contribution < -0.4 is 5.32 Å². The Morgan fingerprint density at radius 3 is 2.86 bits per heavy atom. The number of hydrogen-bond acceptors (Lipinski definition) is 2. The number of nitrogens with zero attached hydrogens (tertiary/aromatic N) is 1. The van der Waals surface area contributed by atoms with Crippen molar-refractivity contribution in [1.29, 1.82) is 0 Å². The number of rotatable bonds is 3. The van der Waals surface area contributed by atoms with Crippen molar-refractivity contribution < 1.29 is 4.39 Å². The Kier molecular flexibility index (Phi) is 4.08. The number of aromatic nitrogens is 1. The van der Waals surface area contributed by atoms with Gasteiger partial charge < -0.3 is 5.32 Å². The lowest BCUT2D eigenvalue weighted by Crippen LogP contribution is -2.01. The zero-order valence-electron chi connectivity index (χ0n) is 10.9. The number of anilines is 1. The maximum atomic E-state index is 13.2. The van der Waals surface area contributed by atoms with Gasteiger partial charge in [0, 0.05) is 18.1 Å². The minimum Gasteiger partial charge on any atom is -0.379 e. The summed E-state index contributed by atoms with van der Waals surface area (Å²) in [7, 11) is 0. The molecule has 0 aliphatic heterocycles. The van der Waals surface area contributed by atoms with E-state index in [1.165, 1.54) is 6.07 Å². The van der Waals surface area contributed by atoms with Gasteiger partial charge in [-0.25, -0.2) is 4.39 Å². The van der Waals surface area contributed by atoms with E-state index < -0.39 is 0 Å². The Morgan fingerprint density at radius 1 is 1.19 bits per heavy atom. The summed E-state index contributed by atoms with van der Waals surface area (Å²) in [5.74, 6) is -0.266. The Bertz CT molecular complexity index is 807. The van der Waals surface area contributed by atoms with Crippen molar-refractivity contribution in [3.05, 3.63) is 69.5 Å². The predicted molar refractivity (Wildman–Crippen MR) is 88.2 cm³/mol. The summed E-state index contributed by atoms with van der Waals surface area (Å²) in [6.07, 6.45) is 1.73.